The van der Waals surface area contributed by atoms with Crippen LogP contribution in [0.2, 0.25) is 0 Å². The first-order valence-electron chi connectivity index (χ1n) is 13.7. The lowest BCUT2D eigenvalue weighted by Crippen LogP contribution is -2.51. The fourth-order valence-electron chi connectivity index (χ4n) is 7.28. The van der Waals surface area contributed by atoms with Crippen molar-refractivity contribution in [1.82, 2.24) is 10.2 Å². The molecule has 3 nitrogen and oxygen atoms in total. The first-order chi connectivity index (χ1) is 18.1. The van der Waals surface area contributed by atoms with Gasteiger partial charge in [0.25, 0.3) is 0 Å². The van der Waals surface area contributed by atoms with Crippen molar-refractivity contribution >= 4 is 12.0 Å². The van der Waals surface area contributed by atoms with Gasteiger partial charge in [0.05, 0.1) is 11.0 Å². The number of piperidine rings is 1. The number of benzene rings is 2. The molecule has 1 N–H and O–H groups in total. The van der Waals surface area contributed by atoms with Crippen LogP contribution < -0.4 is 5.32 Å². The van der Waals surface area contributed by atoms with Gasteiger partial charge in [-0.3, -0.25) is 9.69 Å². The smallest absolute Gasteiger partial charge is 0.352 e. The maximum absolute atomic E-state index is 13.8. The molecule has 2 aromatic rings. The van der Waals surface area contributed by atoms with Crippen LogP contribution in [0.5, 0.6) is 0 Å². The van der Waals surface area contributed by atoms with Gasteiger partial charge in [0.2, 0.25) is 5.91 Å². The van der Waals surface area contributed by atoms with Gasteiger partial charge in [-0.05, 0) is 79.5 Å². The van der Waals surface area contributed by atoms with Gasteiger partial charge in [-0.25, -0.2) is 4.39 Å². The number of halogens is 4. The highest BCUT2D eigenvalue weighted by atomic mass is 19.4. The third kappa shape index (κ3) is 4.90. The largest absolute Gasteiger partial charge is 0.416 e. The molecule has 0 bridgehead atoms. The summed E-state index contributed by atoms with van der Waals surface area (Å²) in [5.74, 6) is -0.638. The van der Waals surface area contributed by atoms with Gasteiger partial charge in [0.1, 0.15) is 5.82 Å². The predicted molar refractivity (Wildman–Crippen MR) is 141 cm³/mol. The van der Waals surface area contributed by atoms with E-state index in [0.717, 1.165) is 63.7 Å². The van der Waals surface area contributed by atoms with E-state index >= 15 is 0 Å². The van der Waals surface area contributed by atoms with Crippen LogP contribution in [0, 0.1) is 17.2 Å². The van der Waals surface area contributed by atoms with Crippen LogP contribution >= 0.6 is 0 Å². The van der Waals surface area contributed by atoms with E-state index in [1.165, 1.54) is 11.1 Å². The van der Waals surface area contributed by atoms with E-state index in [4.69, 9.17) is 0 Å². The van der Waals surface area contributed by atoms with E-state index in [1.807, 2.05) is 0 Å². The van der Waals surface area contributed by atoms with Crippen molar-refractivity contribution in [2.24, 2.45) is 11.3 Å². The summed E-state index contributed by atoms with van der Waals surface area (Å²) in [6.07, 6.45) is 5.06. The van der Waals surface area contributed by atoms with Crippen molar-refractivity contribution in [3.8, 4) is 0 Å². The Labute approximate surface area is 222 Å². The average molecular weight is 529 g/mol. The average Bonchev–Trinajstić information content (AvgIpc) is 3.48. The van der Waals surface area contributed by atoms with Crippen molar-refractivity contribution in [3.05, 3.63) is 76.6 Å². The molecule has 204 valence electrons. The second-order valence-corrected chi connectivity index (χ2v) is 11.6. The van der Waals surface area contributed by atoms with Gasteiger partial charge >= 0.3 is 6.18 Å². The summed E-state index contributed by atoms with van der Waals surface area (Å²) in [5.41, 5.74) is 1.34. The first kappa shape index (κ1) is 26.9. The second-order valence-electron chi connectivity index (χ2n) is 11.6. The molecule has 1 spiro atoms. The molecule has 0 radical (unpaired) electrons. The first-order valence-corrected chi connectivity index (χ1v) is 13.7. The van der Waals surface area contributed by atoms with Crippen LogP contribution in [0.1, 0.15) is 74.6 Å². The van der Waals surface area contributed by atoms with Gasteiger partial charge in [-0.2, -0.15) is 13.2 Å². The molecular formula is C31H36F4N2O. The third-order valence-electron chi connectivity index (χ3n) is 9.27. The fraction of sp³-hybridized carbons (Fsp3) is 0.516. The summed E-state index contributed by atoms with van der Waals surface area (Å²) in [6.45, 7) is 6.21. The van der Waals surface area contributed by atoms with Crippen LogP contribution in [0.3, 0.4) is 0 Å². The Kier molecular flexibility index (Phi) is 7.18. The third-order valence-corrected chi connectivity index (χ3v) is 9.27. The summed E-state index contributed by atoms with van der Waals surface area (Å²) in [6, 6.07) is 11.4. The van der Waals surface area contributed by atoms with Crippen molar-refractivity contribution in [3.63, 3.8) is 0 Å². The molecule has 5 rings (SSSR count). The number of carbonyl (C=O) groups excluding carboxylic acids is 1. The van der Waals surface area contributed by atoms with Crippen molar-refractivity contribution in [1.29, 1.82) is 0 Å². The van der Waals surface area contributed by atoms with Gasteiger partial charge in [-0.15, -0.1) is 0 Å². The Morgan fingerprint density at radius 3 is 2.68 bits per heavy atom. The molecule has 1 aliphatic heterocycles. The SMILES string of the molecule is CCCC1(C(=O)NCc2cc(F)cc(C(F)(F)F)c2)CCC(N2CC[C@@]3(C=Cc4ccccc43)[C@@H](C)C2)C1. The molecule has 1 amide bonds. The normalized spacial score (nSPS) is 29.1. The van der Waals surface area contributed by atoms with Gasteiger partial charge in [-0.1, -0.05) is 56.7 Å². The topological polar surface area (TPSA) is 32.3 Å². The van der Waals surface area contributed by atoms with E-state index in [-0.39, 0.29) is 23.4 Å². The number of carbonyl (C=O) groups is 1. The Hall–Kier alpha value is -2.67. The minimum absolute atomic E-state index is 0.0732. The molecule has 4 atom stereocenters. The van der Waals surface area contributed by atoms with Gasteiger partial charge in [0, 0.05) is 24.5 Å². The molecule has 1 saturated carbocycles. The number of nitrogens with zero attached hydrogens (tertiary/aromatic N) is 1. The number of nitrogens with one attached hydrogen (secondary N) is 1. The molecule has 2 aromatic carbocycles. The zero-order valence-corrected chi connectivity index (χ0v) is 22.1. The standard InChI is InChI=1S/C31H36F4N2O/c1-3-10-29(28(38)36-19-22-15-24(31(33,34)35)17-25(32)16-22)11-9-26(18-29)37-14-13-30(21(2)20-37)12-8-23-6-4-5-7-27(23)30/h4-8,12,15-17,21,26H,3,9-11,13-14,18-20H2,1-2H3,(H,36,38)/t21-,26?,29?,30-/m0/s1. The highest BCUT2D eigenvalue weighted by Crippen LogP contribution is 2.50. The van der Waals surface area contributed by atoms with Crippen LogP contribution in [0.4, 0.5) is 17.6 Å². The molecule has 1 saturated heterocycles. The molecule has 2 unspecified atom stereocenters. The summed E-state index contributed by atoms with van der Waals surface area (Å²) in [4.78, 5) is 16.0. The van der Waals surface area contributed by atoms with Crippen LogP contribution in [0.15, 0.2) is 48.5 Å². The van der Waals surface area contributed by atoms with Gasteiger partial charge in [0.15, 0.2) is 0 Å². The Morgan fingerprint density at radius 2 is 1.95 bits per heavy atom. The molecule has 0 aromatic heterocycles. The minimum atomic E-state index is -4.64. The van der Waals surface area contributed by atoms with E-state index < -0.39 is 23.0 Å². The Morgan fingerprint density at radius 1 is 1.16 bits per heavy atom. The highest BCUT2D eigenvalue weighted by molar-refractivity contribution is 5.83. The lowest BCUT2D eigenvalue weighted by atomic mass is 9.67. The van der Waals surface area contributed by atoms with Crippen LogP contribution in [0.25, 0.3) is 6.08 Å². The number of hydrogen-bond donors (Lipinski definition) is 1. The lowest BCUT2D eigenvalue weighted by molar-refractivity contribution is -0.137. The number of fused-ring (bicyclic) bond motifs is 2. The van der Waals surface area contributed by atoms with Gasteiger partial charge < -0.3 is 5.32 Å². The highest BCUT2D eigenvalue weighted by Gasteiger charge is 2.49. The molecular weight excluding hydrogens is 492 g/mol. The number of likely N-dealkylation sites (tertiary alicyclic amines) is 1. The van der Waals surface area contributed by atoms with Crippen LogP contribution in [-0.2, 0) is 22.9 Å². The molecule has 7 heteroatoms. The quantitative estimate of drug-likeness (QED) is 0.406. The van der Waals surface area contributed by atoms with E-state index in [1.54, 1.807) is 0 Å². The summed E-state index contributed by atoms with van der Waals surface area (Å²) < 4.78 is 53.2. The van der Waals surface area contributed by atoms with E-state index in [9.17, 15) is 22.4 Å². The maximum atomic E-state index is 13.8. The summed E-state index contributed by atoms with van der Waals surface area (Å²) in [5, 5.41) is 2.85. The van der Waals surface area contributed by atoms with Crippen molar-refractivity contribution in [2.45, 2.75) is 76.6 Å². The zero-order valence-electron chi connectivity index (χ0n) is 22.1. The molecule has 38 heavy (non-hydrogen) atoms. The molecule has 2 aliphatic carbocycles. The maximum Gasteiger partial charge on any atom is 0.416 e. The minimum Gasteiger partial charge on any atom is -0.352 e. The fourth-order valence-corrected chi connectivity index (χ4v) is 7.28. The monoisotopic (exact) mass is 528 g/mol. The van der Waals surface area contributed by atoms with E-state index in [0.29, 0.717) is 18.0 Å². The Balaban J connectivity index is 1.25. The van der Waals surface area contributed by atoms with E-state index in [2.05, 4.69) is 60.5 Å². The molecule has 2 fully saturated rings. The number of hydrogen-bond acceptors (Lipinski definition) is 2. The molecule has 1 heterocycles. The number of alkyl halides is 3. The summed E-state index contributed by atoms with van der Waals surface area (Å²) in [7, 11) is 0. The van der Waals surface area contributed by atoms with Crippen molar-refractivity contribution in [2.75, 3.05) is 13.1 Å². The number of allylic oxidation sites excluding steroid dienone is 1. The predicted octanol–water partition coefficient (Wildman–Crippen LogP) is 7.11. The lowest BCUT2D eigenvalue weighted by Gasteiger charge is -2.46. The zero-order chi connectivity index (χ0) is 27.1. The number of rotatable bonds is 6. The Bertz CT molecular complexity index is 1220. The van der Waals surface area contributed by atoms with Crippen LogP contribution in [-0.4, -0.2) is 29.9 Å². The number of amides is 1. The molecule has 3 aliphatic rings. The second kappa shape index (κ2) is 10.1. The van der Waals surface area contributed by atoms with Crippen molar-refractivity contribution < 1.29 is 22.4 Å². The summed E-state index contributed by atoms with van der Waals surface area (Å²) >= 11 is 0.